The van der Waals surface area contributed by atoms with Gasteiger partial charge in [0.1, 0.15) is 5.75 Å². The van der Waals surface area contributed by atoms with Crippen LogP contribution in [-0.2, 0) is 9.84 Å². The third-order valence-corrected chi connectivity index (χ3v) is 3.71. The minimum Gasteiger partial charge on any atom is -0.222 e. The number of rotatable bonds is 0. The van der Waals surface area contributed by atoms with Crippen LogP contribution in [0.5, 0.6) is 0 Å². The first-order valence-corrected chi connectivity index (χ1v) is 5.02. The van der Waals surface area contributed by atoms with Crippen molar-refractivity contribution in [2.24, 2.45) is 5.92 Å². The van der Waals surface area contributed by atoms with Crippen molar-refractivity contribution in [1.29, 1.82) is 0 Å². The summed E-state index contributed by atoms with van der Waals surface area (Å²) in [5.41, 5.74) is 0. The molecule has 90 valence electrons. The van der Waals surface area contributed by atoms with E-state index in [2.05, 4.69) is 0 Å². The highest BCUT2D eigenvalue weighted by Crippen LogP contribution is 2.55. The van der Waals surface area contributed by atoms with Crippen molar-refractivity contribution in [3.05, 3.63) is 0 Å². The molecule has 0 amide bonds. The zero-order valence-electron chi connectivity index (χ0n) is 6.65. The van der Waals surface area contributed by atoms with Crippen LogP contribution in [-0.4, -0.2) is 31.5 Å². The van der Waals surface area contributed by atoms with Gasteiger partial charge in [-0.3, -0.25) is 0 Å². The predicted octanol–water partition coefficient (Wildman–Crippen LogP) is 1.82. The van der Waals surface area contributed by atoms with E-state index in [9.17, 15) is 39.2 Å². The minimum absolute atomic E-state index is 2.49. The van der Waals surface area contributed by atoms with E-state index in [1.807, 2.05) is 0 Å². The first-order chi connectivity index (χ1) is 6.32. The van der Waals surface area contributed by atoms with Gasteiger partial charge in [0.25, 0.3) is 5.92 Å². The molecular formula is C5H3F7O2S. The molecule has 1 unspecified atom stereocenters. The number of halogens is 7. The Labute approximate surface area is 79.0 Å². The lowest BCUT2D eigenvalue weighted by molar-refractivity contribution is -0.267. The van der Waals surface area contributed by atoms with Crippen LogP contribution in [0.2, 0.25) is 0 Å². The Bertz CT molecular complexity index is 367. The van der Waals surface area contributed by atoms with Gasteiger partial charge in [0.05, 0.1) is 0 Å². The highest BCUT2D eigenvalue weighted by Gasteiger charge is 2.79. The molecule has 0 spiro atoms. The first kappa shape index (κ1) is 12.5. The first-order valence-electron chi connectivity index (χ1n) is 3.37. The molecule has 2 nitrogen and oxygen atoms in total. The van der Waals surface area contributed by atoms with Crippen LogP contribution in [0, 0.1) is 5.92 Å². The Morgan fingerprint density at radius 3 is 1.60 bits per heavy atom. The molecule has 1 aliphatic rings. The van der Waals surface area contributed by atoms with Gasteiger partial charge < -0.3 is 0 Å². The van der Waals surface area contributed by atoms with E-state index < -0.39 is 38.9 Å². The van der Waals surface area contributed by atoms with E-state index in [0.29, 0.717) is 0 Å². The molecule has 0 aromatic carbocycles. The largest absolute Gasteiger partial charge is 0.404 e. The number of sulfone groups is 1. The highest BCUT2D eigenvalue weighted by molar-refractivity contribution is 7.92. The Kier molecular flexibility index (Phi) is 2.31. The van der Waals surface area contributed by atoms with Gasteiger partial charge in [-0.15, -0.1) is 0 Å². The molecule has 0 aromatic rings. The van der Waals surface area contributed by atoms with Gasteiger partial charge in [0, 0.05) is 0 Å². The van der Waals surface area contributed by atoms with Gasteiger partial charge in [0.15, 0.2) is 5.92 Å². The molecule has 10 heteroatoms. The van der Waals surface area contributed by atoms with Crippen LogP contribution in [0.3, 0.4) is 0 Å². The fourth-order valence-electron chi connectivity index (χ4n) is 1.29. The van der Waals surface area contributed by atoms with Crippen molar-refractivity contribution < 1.29 is 39.2 Å². The second-order valence-corrected chi connectivity index (χ2v) is 5.12. The number of hydrogen-bond donors (Lipinski definition) is 0. The molecule has 0 N–H and O–H groups in total. The topological polar surface area (TPSA) is 34.1 Å². The highest BCUT2D eigenvalue weighted by atomic mass is 32.2. The third kappa shape index (κ3) is 1.68. The molecule has 1 aliphatic heterocycles. The summed E-state index contributed by atoms with van der Waals surface area (Å²) < 4.78 is 107. The second kappa shape index (κ2) is 2.77. The van der Waals surface area contributed by atoms with Crippen LogP contribution in [0.25, 0.3) is 0 Å². The second-order valence-electron chi connectivity index (χ2n) is 3.06. The van der Waals surface area contributed by atoms with Crippen molar-refractivity contribution >= 4 is 9.84 Å². The summed E-state index contributed by atoms with van der Waals surface area (Å²) in [7, 11) is -5.77. The Morgan fingerprint density at radius 1 is 1.07 bits per heavy atom. The molecule has 0 saturated carbocycles. The molecular weight excluding hydrogens is 257 g/mol. The standard InChI is InChI=1S/C5H3F7O2S/c6-3(7)1-15(13,14)5(11,12)2(3)4(8,9)10/h2H,1H2. The Hall–Kier alpha value is -0.540. The van der Waals surface area contributed by atoms with Gasteiger partial charge in [-0.05, 0) is 0 Å². The summed E-state index contributed by atoms with van der Waals surface area (Å²) in [6, 6.07) is 0. The summed E-state index contributed by atoms with van der Waals surface area (Å²) in [4.78, 5) is 0. The zero-order chi connectivity index (χ0) is 12.3. The van der Waals surface area contributed by atoms with Crippen molar-refractivity contribution in [3.8, 4) is 0 Å². The van der Waals surface area contributed by atoms with Crippen LogP contribution in [0.1, 0.15) is 0 Å². The molecule has 0 aromatic heterocycles. The number of hydrogen-bond acceptors (Lipinski definition) is 2. The van der Waals surface area contributed by atoms with E-state index >= 15 is 0 Å². The van der Waals surface area contributed by atoms with E-state index in [0.717, 1.165) is 0 Å². The molecule has 15 heavy (non-hydrogen) atoms. The lowest BCUT2D eigenvalue weighted by Gasteiger charge is -2.23. The molecule has 0 aliphatic carbocycles. The molecule has 1 fully saturated rings. The maximum absolute atomic E-state index is 12.6. The van der Waals surface area contributed by atoms with E-state index in [-0.39, 0.29) is 0 Å². The summed E-state index contributed by atoms with van der Waals surface area (Å²) in [5, 5.41) is -5.48. The summed E-state index contributed by atoms with van der Waals surface area (Å²) in [5.74, 6) is -12.0. The fraction of sp³-hybridized carbons (Fsp3) is 1.00. The molecule has 0 bridgehead atoms. The Morgan fingerprint density at radius 2 is 1.47 bits per heavy atom. The monoisotopic (exact) mass is 260 g/mol. The van der Waals surface area contributed by atoms with Crippen molar-refractivity contribution in [2.75, 3.05) is 5.75 Å². The normalized spacial score (nSPS) is 32.9. The number of alkyl halides is 7. The van der Waals surface area contributed by atoms with E-state index in [4.69, 9.17) is 0 Å². The van der Waals surface area contributed by atoms with Crippen molar-refractivity contribution in [1.82, 2.24) is 0 Å². The summed E-state index contributed by atoms with van der Waals surface area (Å²) in [6.07, 6.45) is -5.98. The molecule has 1 rings (SSSR count). The summed E-state index contributed by atoms with van der Waals surface area (Å²) in [6.45, 7) is 0. The van der Waals surface area contributed by atoms with Crippen LogP contribution in [0.4, 0.5) is 30.7 Å². The molecule has 1 heterocycles. The van der Waals surface area contributed by atoms with Crippen LogP contribution in [0.15, 0.2) is 0 Å². The zero-order valence-corrected chi connectivity index (χ0v) is 7.47. The lowest BCUT2D eigenvalue weighted by Crippen LogP contribution is -2.45. The maximum atomic E-state index is 12.6. The maximum Gasteiger partial charge on any atom is 0.404 e. The van der Waals surface area contributed by atoms with Gasteiger partial charge in [-0.25, -0.2) is 17.2 Å². The summed E-state index contributed by atoms with van der Waals surface area (Å²) >= 11 is 0. The van der Waals surface area contributed by atoms with Crippen molar-refractivity contribution in [3.63, 3.8) is 0 Å². The molecule has 1 atom stereocenters. The predicted molar refractivity (Wildman–Crippen MR) is 33.2 cm³/mol. The van der Waals surface area contributed by atoms with Gasteiger partial charge in [-0.2, -0.15) is 22.0 Å². The van der Waals surface area contributed by atoms with Crippen LogP contribution >= 0.6 is 0 Å². The van der Waals surface area contributed by atoms with Gasteiger partial charge in [0.2, 0.25) is 9.84 Å². The lowest BCUT2D eigenvalue weighted by atomic mass is 10.0. The SMILES string of the molecule is O=S1(=O)CC(F)(F)C(C(F)(F)F)C1(F)F. The minimum atomic E-state index is -5.98. The van der Waals surface area contributed by atoms with E-state index in [1.54, 1.807) is 0 Å². The smallest absolute Gasteiger partial charge is 0.222 e. The quantitative estimate of drug-likeness (QED) is 0.622. The average molecular weight is 260 g/mol. The third-order valence-electron chi connectivity index (χ3n) is 1.88. The fourth-order valence-corrected chi connectivity index (χ4v) is 2.82. The van der Waals surface area contributed by atoms with Gasteiger partial charge >= 0.3 is 11.4 Å². The average Bonchev–Trinajstić information content (AvgIpc) is 1.87. The van der Waals surface area contributed by atoms with Crippen molar-refractivity contribution in [2.45, 2.75) is 17.4 Å². The van der Waals surface area contributed by atoms with E-state index in [1.165, 1.54) is 0 Å². The Balaban J connectivity index is 3.38. The van der Waals surface area contributed by atoms with Crippen LogP contribution < -0.4 is 0 Å². The molecule has 1 saturated heterocycles. The molecule has 0 radical (unpaired) electrons. The van der Waals surface area contributed by atoms with Gasteiger partial charge in [-0.1, -0.05) is 0 Å².